The molecule has 0 unspecified atom stereocenters. The highest BCUT2D eigenvalue weighted by Crippen LogP contribution is 2.24. The van der Waals surface area contributed by atoms with E-state index in [0.717, 1.165) is 0 Å². The number of amidine groups is 1. The number of carbonyl (C=O) groups excluding carboxylic acids is 1. The van der Waals surface area contributed by atoms with Crippen molar-refractivity contribution in [2.24, 2.45) is 10.9 Å². The van der Waals surface area contributed by atoms with Crippen LogP contribution < -0.4 is 11.1 Å². The molecule has 1 aromatic carbocycles. The molecule has 0 saturated carbocycles. The van der Waals surface area contributed by atoms with Crippen LogP contribution in [0.1, 0.15) is 37.0 Å². The Balaban J connectivity index is 3.05. The number of nitrogens with zero attached hydrogens (tertiary/aromatic N) is 1. The van der Waals surface area contributed by atoms with Gasteiger partial charge in [-0.05, 0) is 47.0 Å². The quantitative estimate of drug-likeness (QED) is 0.325. The Morgan fingerprint density at radius 3 is 2.55 bits per heavy atom. The van der Waals surface area contributed by atoms with Gasteiger partial charge in [0, 0.05) is 10.0 Å². The second-order valence-corrected chi connectivity index (χ2v) is 5.62. The van der Waals surface area contributed by atoms with Crippen molar-refractivity contribution < 1.29 is 10.0 Å². The lowest BCUT2D eigenvalue weighted by Gasteiger charge is -2.31. The fourth-order valence-corrected chi connectivity index (χ4v) is 2.37. The van der Waals surface area contributed by atoms with Crippen LogP contribution in [0.5, 0.6) is 0 Å². The lowest BCUT2D eigenvalue weighted by molar-refractivity contribution is 0.0917. The SMILES string of the molecule is CCC(CC)(NC(=O)c1ccc(Cl)c(Br)c1)/C(N)=N/O. The molecule has 1 rings (SSSR count). The third kappa shape index (κ3) is 3.43. The summed E-state index contributed by atoms with van der Waals surface area (Å²) < 4.78 is 0.634. The van der Waals surface area contributed by atoms with Gasteiger partial charge in [-0.3, -0.25) is 4.79 Å². The largest absolute Gasteiger partial charge is 0.409 e. The van der Waals surface area contributed by atoms with Crippen molar-refractivity contribution in [3.8, 4) is 0 Å². The Hall–Kier alpha value is -1.27. The molecule has 0 radical (unpaired) electrons. The van der Waals surface area contributed by atoms with Crippen LogP contribution in [0.25, 0.3) is 0 Å². The van der Waals surface area contributed by atoms with Crippen molar-refractivity contribution in [2.45, 2.75) is 32.2 Å². The minimum absolute atomic E-state index is 0.0103. The number of amides is 1. The maximum absolute atomic E-state index is 12.3. The zero-order valence-electron chi connectivity index (χ0n) is 11.3. The summed E-state index contributed by atoms with van der Waals surface area (Å²) in [5, 5.41) is 15.3. The standard InChI is InChI=1S/C13H17BrClN3O2/c1-3-13(4-2,12(16)18-20)17-11(19)8-5-6-10(15)9(14)7-8/h5-7,20H,3-4H2,1-2H3,(H2,16,18)(H,17,19). The molecule has 0 spiro atoms. The van der Waals surface area contributed by atoms with Gasteiger partial charge in [0.25, 0.3) is 5.91 Å². The van der Waals surface area contributed by atoms with Crippen LogP contribution in [0.2, 0.25) is 5.02 Å². The van der Waals surface area contributed by atoms with E-state index in [1.54, 1.807) is 18.2 Å². The second kappa shape index (κ2) is 6.95. The van der Waals surface area contributed by atoms with Gasteiger partial charge >= 0.3 is 0 Å². The molecule has 0 atom stereocenters. The number of carbonyl (C=O) groups is 1. The molecule has 110 valence electrons. The van der Waals surface area contributed by atoms with Gasteiger partial charge in [0.05, 0.1) is 5.02 Å². The summed E-state index contributed by atoms with van der Waals surface area (Å²) in [6.45, 7) is 3.72. The van der Waals surface area contributed by atoms with Gasteiger partial charge in [0.2, 0.25) is 0 Å². The first-order valence-corrected chi connectivity index (χ1v) is 7.32. The van der Waals surface area contributed by atoms with Crippen LogP contribution in [0.4, 0.5) is 0 Å². The van der Waals surface area contributed by atoms with Crippen LogP contribution in [0, 0.1) is 0 Å². The molecule has 7 heteroatoms. The van der Waals surface area contributed by atoms with E-state index in [4.69, 9.17) is 22.5 Å². The summed E-state index contributed by atoms with van der Waals surface area (Å²) in [7, 11) is 0. The molecule has 0 aromatic heterocycles. The second-order valence-electron chi connectivity index (χ2n) is 4.36. The maximum Gasteiger partial charge on any atom is 0.252 e. The first-order chi connectivity index (χ1) is 9.40. The van der Waals surface area contributed by atoms with E-state index in [9.17, 15) is 4.79 Å². The first-order valence-electron chi connectivity index (χ1n) is 6.15. The average molecular weight is 363 g/mol. The van der Waals surface area contributed by atoms with E-state index in [1.807, 2.05) is 13.8 Å². The Bertz CT molecular complexity index is 530. The van der Waals surface area contributed by atoms with E-state index in [-0.39, 0.29) is 11.7 Å². The van der Waals surface area contributed by atoms with Crippen molar-refractivity contribution in [2.75, 3.05) is 0 Å². The summed E-state index contributed by atoms with van der Waals surface area (Å²) in [5.41, 5.74) is 5.29. The minimum Gasteiger partial charge on any atom is -0.409 e. The maximum atomic E-state index is 12.3. The molecule has 1 amide bonds. The minimum atomic E-state index is -0.863. The van der Waals surface area contributed by atoms with Crippen LogP contribution in [-0.2, 0) is 0 Å². The third-order valence-corrected chi connectivity index (χ3v) is 4.55. The fraction of sp³-hybridized carbons (Fsp3) is 0.385. The molecule has 0 heterocycles. The first kappa shape index (κ1) is 16.8. The van der Waals surface area contributed by atoms with Gasteiger partial charge < -0.3 is 16.3 Å². The molecule has 0 bridgehead atoms. The highest BCUT2D eigenvalue weighted by atomic mass is 79.9. The Morgan fingerprint density at radius 1 is 1.50 bits per heavy atom. The summed E-state index contributed by atoms with van der Waals surface area (Å²) in [4.78, 5) is 12.3. The van der Waals surface area contributed by atoms with Gasteiger partial charge in [-0.15, -0.1) is 0 Å². The van der Waals surface area contributed by atoms with Crippen molar-refractivity contribution >= 4 is 39.3 Å². The predicted octanol–water partition coefficient (Wildman–Crippen LogP) is 3.14. The van der Waals surface area contributed by atoms with Crippen molar-refractivity contribution in [1.82, 2.24) is 5.32 Å². The number of nitrogens with one attached hydrogen (secondary N) is 1. The molecule has 0 saturated heterocycles. The Morgan fingerprint density at radius 2 is 2.10 bits per heavy atom. The summed E-state index contributed by atoms with van der Waals surface area (Å²) >= 11 is 9.17. The van der Waals surface area contributed by atoms with Gasteiger partial charge in [-0.1, -0.05) is 30.6 Å². The zero-order valence-corrected chi connectivity index (χ0v) is 13.6. The zero-order chi connectivity index (χ0) is 15.3. The predicted molar refractivity (Wildman–Crippen MR) is 83.3 cm³/mol. The molecule has 0 fully saturated rings. The van der Waals surface area contributed by atoms with Gasteiger partial charge in [0.15, 0.2) is 5.84 Å². The lowest BCUT2D eigenvalue weighted by Crippen LogP contribution is -2.56. The van der Waals surface area contributed by atoms with E-state index < -0.39 is 5.54 Å². The number of hydrogen-bond donors (Lipinski definition) is 3. The monoisotopic (exact) mass is 361 g/mol. The number of halogens is 2. The molecule has 0 aliphatic carbocycles. The smallest absolute Gasteiger partial charge is 0.252 e. The molecular weight excluding hydrogens is 346 g/mol. The lowest BCUT2D eigenvalue weighted by atomic mass is 9.91. The van der Waals surface area contributed by atoms with E-state index >= 15 is 0 Å². The van der Waals surface area contributed by atoms with E-state index in [0.29, 0.717) is 27.9 Å². The molecule has 20 heavy (non-hydrogen) atoms. The molecular formula is C13H17BrClN3O2. The number of oxime groups is 1. The van der Waals surface area contributed by atoms with Crippen LogP contribution in [-0.4, -0.2) is 22.5 Å². The van der Waals surface area contributed by atoms with Crippen LogP contribution >= 0.6 is 27.5 Å². The Labute approximate surface area is 131 Å². The molecule has 0 aliphatic rings. The third-order valence-electron chi connectivity index (χ3n) is 3.34. The van der Waals surface area contributed by atoms with E-state index in [1.165, 1.54) is 0 Å². The molecule has 5 nitrogen and oxygen atoms in total. The average Bonchev–Trinajstić information content (AvgIpc) is 2.46. The summed E-state index contributed by atoms with van der Waals surface area (Å²) in [5.74, 6) is -0.318. The highest BCUT2D eigenvalue weighted by molar-refractivity contribution is 9.10. The Kier molecular flexibility index (Phi) is 5.83. The van der Waals surface area contributed by atoms with E-state index in [2.05, 4.69) is 26.4 Å². The van der Waals surface area contributed by atoms with Crippen molar-refractivity contribution in [3.63, 3.8) is 0 Å². The van der Waals surface area contributed by atoms with Crippen LogP contribution in [0.15, 0.2) is 27.8 Å². The van der Waals surface area contributed by atoms with Crippen molar-refractivity contribution in [1.29, 1.82) is 0 Å². The number of nitrogens with two attached hydrogens (primary N) is 1. The summed E-state index contributed by atoms with van der Waals surface area (Å²) in [6.07, 6.45) is 1.03. The fourth-order valence-electron chi connectivity index (χ4n) is 1.88. The van der Waals surface area contributed by atoms with Crippen LogP contribution in [0.3, 0.4) is 0 Å². The van der Waals surface area contributed by atoms with Gasteiger partial charge in [0.1, 0.15) is 5.54 Å². The number of benzene rings is 1. The molecule has 4 N–H and O–H groups in total. The van der Waals surface area contributed by atoms with Gasteiger partial charge in [-0.25, -0.2) is 0 Å². The summed E-state index contributed by atoms with van der Waals surface area (Å²) in [6, 6.07) is 4.87. The normalized spacial score (nSPS) is 12.3. The van der Waals surface area contributed by atoms with Crippen molar-refractivity contribution in [3.05, 3.63) is 33.3 Å². The topological polar surface area (TPSA) is 87.7 Å². The molecule has 1 aromatic rings. The highest BCUT2D eigenvalue weighted by Gasteiger charge is 2.33. The number of hydrogen-bond acceptors (Lipinski definition) is 3. The number of rotatable bonds is 5. The van der Waals surface area contributed by atoms with Gasteiger partial charge in [-0.2, -0.15) is 0 Å². The molecule has 0 aliphatic heterocycles.